The molecule has 0 bridgehead atoms. The fraction of sp³-hybridized carbons (Fsp3) is 0.417. The lowest BCUT2D eigenvalue weighted by Crippen LogP contribution is -1.96. The van der Waals surface area contributed by atoms with Crippen LogP contribution in [0.4, 0.5) is 0 Å². The Morgan fingerprint density at radius 2 is 2.07 bits per heavy atom. The second-order valence-corrected chi connectivity index (χ2v) is 5.07. The van der Waals surface area contributed by atoms with Crippen molar-refractivity contribution in [2.75, 3.05) is 6.61 Å². The van der Waals surface area contributed by atoms with E-state index < -0.39 is 0 Å². The molecule has 1 aromatic rings. The maximum absolute atomic E-state index is 8.96. The third kappa shape index (κ3) is 2.45. The molecule has 1 fully saturated rings. The molecule has 1 aliphatic rings. The Hall–Kier alpha value is -1.14. The number of hydrogen-bond donors (Lipinski definition) is 0. The number of rotatable bonds is 4. The number of benzene rings is 1. The van der Waals surface area contributed by atoms with E-state index in [-0.39, 0.29) is 4.75 Å². The van der Waals surface area contributed by atoms with Crippen LogP contribution in [0.25, 0.3) is 0 Å². The Kier molecular flexibility index (Phi) is 2.88. The van der Waals surface area contributed by atoms with Gasteiger partial charge in [-0.15, -0.1) is 11.8 Å². The highest BCUT2D eigenvalue weighted by Gasteiger charge is 2.44. The summed E-state index contributed by atoms with van der Waals surface area (Å²) in [6, 6.07) is 10.3. The second-order valence-electron chi connectivity index (χ2n) is 3.61. The molecule has 0 amide bonds. The Morgan fingerprint density at radius 1 is 1.40 bits per heavy atom. The molecule has 78 valence electrons. The summed E-state index contributed by atoms with van der Waals surface area (Å²) in [7, 11) is 0. The zero-order valence-corrected chi connectivity index (χ0v) is 9.51. The molecular weight excluding hydrogens is 206 g/mol. The van der Waals surface area contributed by atoms with Gasteiger partial charge in [0.1, 0.15) is 10.5 Å². The molecule has 0 N–H and O–H groups in total. The van der Waals surface area contributed by atoms with Crippen molar-refractivity contribution >= 4 is 11.8 Å². The van der Waals surface area contributed by atoms with Gasteiger partial charge in [0.25, 0.3) is 0 Å². The third-order valence-electron chi connectivity index (χ3n) is 2.36. The third-order valence-corrected chi connectivity index (χ3v) is 3.75. The van der Waals surface area contributed by atoms with Crippen molar-refractivity contribution in [2.45, 2.75) is 29.4 Å². The van der Waals surface area contributed by atoms with Crippen LogP contribution in [0.5, 0.6) is 5.75 Å². The fourth-order valence-electron chi connectivity index (χ4n) is 1.35. The van der Waals surface area contributed by atoms with Crippen LogP contribution in [0.3, 0.4) is 0 Å². The van der Waals surface area contributed by atoms with Gasteiger partial charge in [0, 0.05) is 4.90 Å². The van der Waals surface area contributed by atoms with Crippen molar-refractivity contribution in [2.24, 2.45) is 0 Å². The van der Waals surface area contributed by atoms with E-state index >= 15 is 0 Å². The van der Waals surface area contributed by atoms with Crippen molar-refractivity contribution in [1.29, 1.82) is 5.26 Å². The van der Waals surface area contributed by atoms with Gasteiger partial charge in [-0.25, -0.2) is 0 Å². The number of thioether (sulfide) groups is 1. The highest BCUT2D eigenvalue weighted by molar-refractivity contribution is 8.01. The first-order chi connectivity index (χ1) is 7.28. The molecule has 1 aromatic carbocycles. The SMILES string of the molecule is CCOc1ccc(SC2(C#N)CC2)cc1. The number of hydrogen-bond acceptors (Lipinski definition) is 3. The first-order valence-electron chi connectivity index (χ1n) is 5.11. The van der Waals surface area contributed by atoms with E-state index in [0.717, 1.165) is 23.5 Å². The predicted molar refractivity (Wildman–Crippen MR) is 61.0 cm³/mol. The molecular formula is C12H13NOS. The summed E-state index contributed by atoms with van der Waals surface area (Å²) in [5, 5.41) is 8.96. The molecule has 15 heavy (non-hydrogen) atoms. The minimum absolute atomic E-state index is 0.132. The molecule has 0 radical (unpaired) electrons. The van der Waals surface area contributed by atoms with Crippen LogP contribution < -0.4 is 4.74 Å². The molecule has 1 saturated carbocycles. The van der Waals surface area contributed by atoms with Crippen LogP contribution in [0, 0.1) is 11.3 Å². The summed E-state index contributed by atoms with van der Waals surface area (Å²) in [6.07, 6.45) is 2.03. The molecule has 0 unspecified atom stereocenters. The lowest BCUT2D eigenvalue weighted by Gasteiger charge is -2.07. The fourth-order valence-corrected chi connectivity index (χ4v) is 2.42. The van der Waals surface area contributed by atoms with Crippen molar-refractivity contribution in [3.63, 3.8) is 0 Å². The minimum atomic E-state index is -0.132. The van der Waals surface area contributed by atoms with Gasteiger partial charge in [0.2, 0.25) is 0 Å². The van der Waals surface area contributed by atoms with Crippen LogP contribution in [-0.2, 0) is 0 Å². The van der Waals surface area contributed by atoms with Gasteiger partial charge in [-0.1, -0.05) is 0 Å². The summed E-state index contributed by atoms with van der Waals surface area (Å²) < 4.78 is 5.23. The van der Waals surface area contributed by atoms with E-state index in [4.69, 9.17) is 10.00 Å². The minimum Gasteiger partial charge on any atom is -0.494 e. The van der Waals surface area contributed by atoms with Gasteiger partial charge in [0.15, 0.2) is 0 Å². The molecule has 0 spiro atoms. The highest BCUT2D eigenvalue weighted by Crippen LogP contribution is 2.51. The topological polar surface area (TPSA) is 33.0 Å². The van der Waals surface area contributed by atoms with E-state index in [9.17, 15) is 0 Å². The molecule has 0 aromatic heterocycles. The van der Waals surface area contributed by atoms with Crippen molar-refractivity contribution in [3.8, 4) is 11.8 Å². The smallest absolute Gasteiger partial charge is 0.119 e. The summed E-state index contributed by atoms with van der Waals surface area (Å²) >= 11 is 1.67. The monoisotopic (exact) mass is 219 g/mol. The average molecular weight is 219 g/mol. The van der Waals surface area contributed by atoms with E-state index in [0.29, 0.717) is 6.61 Å². The Balaban J connectivity index is 2.02. The first kappa shape index (κ1) is 10.4. The molecule has 0 saturated heterocycles. The highest BCUT2D eigenvalue weighted by atomic mass is 32.2. The molecule has 0 heterocycles. The molecule has 2 nitrogen and oxygen atoms in total. The summed E-state index contributed by atoms with van der Waals surface area (Å²) in [4.78, 5) is 1.15. The zero-order valence-electron chi connectivity index (χ0n) is 8.69. The molecule has 1 aliphatic carbocycles. The summed E-state index contributed by atoms with van der Waals surface area (Å²) in [5.41, 5.74) is 0. The maximum Gasteiger partial charge on any atom is 0.119 e. The van der Waals surface area contributed by atoms with Gasteiger partial charge in [-0.05, 0) is 44.0 Å². The Bertz CT molecular complexity index is 376. The van der Waals surface area contributed by atoms with Crippen molar-refractivity contribution in [1.82, 2.24) is 0 Å². The van der Waals surface area contributed by atoms with Gasteiger partial charge < -0.3 is 4.74 Å². The van der Waals surface area contributed by atoms with Crippen LogP contribution in [0.15, 0.2) is 29.2 Å². The van der Waals surface area contributed by atoms with Crippen LogP contribution in [0.2, 0.25) is 0 Å². The van der Waals surface area contributed by atoms with Crippen LogP contribution >= 0.6 is 11.8 Å². The summed E-state index contributed by atoms with van der Waals surface area (Å²) in [5.74, 6) is 0.892. The number of nitriles is 1. The van der Waals surface area contributed by atoms with Gasteiger partial charge in [0.05, 0.1) is 12.7 Å². The normalized spacial score (nSPS) is 16.8. The second kappa shape index (κ2) is 4.16. The van der Waals surface area contributed by atoms with Crippen LogP contribution in [-0.4, -0.2) is 11.4 Å². The predicted octanol–water partition coefficient (Wildman–Crippen LogP) is 3.23. The lowest BCUT2D eigenvalue weighted by atomic mass is 10.3. The molecule has 0 atom stereocenters. The number of nitrogens with zero attached hydrogens (tertiary/aromatic N) is 1. The Morgan fingerprint density at radius 3 is 2.53 bits per heavy atom. The zero-order chi connectivity index (χ0) is 10.7. The average Bonchev–Trinajstić information content (AvgIpc) is 3.02. The van der Waals surface area contributed by atoms with Crippen molar-refractivity contribution in [3.05, 3.63) is 24.3 Å². The molecule has 0 aliphatic heterocycles. The quantitative estimate of drug-likeness (QED) is 0.779. The van der Waals surface area contributed by atoms with E-state index in [1.54, 1.807) is 11.8 Å². The van der Waals surface area contributed by atoms with Gasteiger partial charge >= 0.3 is 0 Å². The van der Waals surface area contributed by atoms with E-state index in [1.807, 2.05) is 31.2 Å². The summed E-state index contributed by atoms with van der Waals surface area (Å²) in [6.45, 7) is 2.66. The largest absolute Gasteiger partial charge is 0.494 e. The van der Waals surface area contributed by atoms with E-state index in [2.05, 4.69) is 6.07 Å². The van der Waals surface area contributed by atoms with Gasteiger partial charge in [-0.2, -0.15) is 5.26 Å². The van der Waals surface area contributed by atoms with E-state index in [1.165, 1.54) is 0 Å². The molecule has 2 rings (SSSR count). The Labute approximate surface area is 94.2 Å². The maximum atomic E-state index is 8.96. The lowest BCUT2D eigenvalue weighted by molar-refractivity contribution is 0.340. The van der Waals surface area contributed by atoms with Crippen molar-refractivity contribution < 1.29 is 4.74 Å². The van der Waals surface area contributed by atoms with Gasteiger partial charge in [-0.3, -0.25) is 0 Å². The first-order valence-corrected chi connectivity index (χ1v) is 5.93. The standard InChI is InChI=1S/C12H13NOS/c1-2-14-10-3-5-11(6-4-10)15-12(9-13)7-8-12/h3-6H,2,7-8H2,1H3. The molecule has 3 heteroatoms. The number of ether oxygens (including phenoxy) is 1. The van der Waals surface area contributed by atoms with Crippen LogP contribution in [0.1, 0.15) is 19.8 Å².